The summed E-state index contributed by atoms with van der Waals surface area (Å²) in [7, 11) is 2.05. The van der Waals surface area contributed by atoms with Crippen molar-refractivity contribution in [3.63, 3.8) is 0 Å². The fourth-order valence-electron chi connectivity index (χ4n) is 3.37. The van der Waals surface area contributed by atoms with Gasteiger partial charge in [-0.2, -0.15) is 0 Å². The quantitative estimate of drug-likeness (QED) is 0.451. The standard InChI is InChI=1S/C26H24N2O2/c1-28(16-15-19-5-3-2-4-6-19)26-18-22(20-7-11-23(29)12-8-20)17-25(27-26)21-9-13-24(30)14-10-21/h2-14,17-18,29-30H,15-16H2,1H3. The Hall–Kier alpha value is -3.79. The molecule has 4 aromatic rings. The van der Waals surface area contributed by atoms with Gasteiger partial charge in [0.25, 0.3) is 0 Å². The first kappa shape index (κ1) is 19.5. The number of phenols is 2. The van der Waals surface area contributed by atoms with Gasteiger partial charge in [0.2, 0.25) is 0 Å². The molecule has 0 fully saturated rings. The van der Waals surface area contributed by atoms with Gasteiger partial charge in [-0.25, -0.2) is 4.98 Å². The van der Waals surface area contributed by atoms with Gasteiger partial charge in [0.05, 0.1) is 5.69 Å². The van der Waals surface area contributed by atoms with E-state index < -0.39 is 0 Å². The van der Waals surface area contributed by atoms with E-state index in [0.29, 0.717) is 0 Å². The van der Waals surface area contributed by atoms with Crippen molar-refractivity contribution in [1.82, 2.24) is 4.98 Å². The molecule has 4 nitrogen and oxygen atoms in total. The Bertz CT molecular complexity index is 1040. The van der Waals surface area contributed by atoms with Gasteiger partial charge >= 0.3 is 0 Å². The highest BCUT2D eigenvalue weighted by atomic mass is 16.3. The average molecular weight is 396 g/mol. The minimum absolute atomic E-state index is 0.230. The number of hydrogen-bond acceptors (Lipinski definition) is 4. The number of likely N-dealkylation sites (N-methyl/N-ethyl adjacent to an activating group) is 1. The molecule has 3 aromatic carbocycles. The Morgan fingerprint density at radius 1 is 0.700 bits per heavy atom. The van der Waals surface area contributed by atoms with Crippen LogP contribution in [0.5, 0.6) is 11.5 Å². The van der Waals surface area contributed by atoms with Crippen molar-refractivity contribution in [2.75, 3.05) is 18.5 Å². The van der Waals surface area contributed by atoms with Gasteiger partial charge in [0.1, 0.15) is 17.3 Å². The number of nitrogens with zero attached hydrogens (tertiary/aromatic N) is 2. The predicted octanol–water partition coefficient (Wildman–Crippen LogP) is 5.51. The minimum Gasteiger partial charge on any atom is -0.508 e. The van der Waals surface area contributed by atoms with Crippen LogP contribution in [0.1, 0.15) is 5.56 Å². The van der Waals surface area contributed by atoms with Crippen molar-refractivity contribution >= 4 is 5.82 Å². The third kappa shape index (κ3) is 4.61. The Morgan fingerprint density at radius 2 is 1.30 bits per heavy atom. The molecular formula is C26H24N2O2. The SMILES string of the molecule is CN(CCc1ccccc1)c1cc(-c2ccc(O)cc2)cc(-c2ccc(O)cc2)n1. The van der Waals surface area contributed by atoms with Crippen LogP contribution in [0.3, 0.4) is 0 Å². The van der Waals surface area contributed by atoms with E-state index >= 15 is 0 Å². The maximum absolute atomic E-state index is 9.64. The van der Waals surface area contributed by atoms with Crippen molar-refractivity contribution < 1.29 is 10.2 Å². The molecule has 0 atom stereocenters. The van der Waals surface area contributed by atoms with Crippen LogP contribution in [-0.2, 0) is 6.42 Å². The first-order valence-corrected chi connectivity index (χ1v) is 9.94. The average Bonchev–Trinajstić information content (AvgIpc) is 2.79. The van der Waals surface area contributed by atoms with Crippen molar-refractivity contribution in [2.45, 2.75) is 6.42 Å². The molecule has 0 aliphatic carbocycles. The van der Waals surface area contributed by atoms with Crippen molar-refractivity contribution in [3.05, 3.63) is 96.6 Å². The van der Waals surface area contributed by atoms with Gasteiger partial charge < -0.3 is 15.1 Å². The number of phenolic OH excluding ortho intramolecular Hbond substituents is 2. The van der Waals surface area contributed by atoms with Crippen LogP contribution >= 0.6 is 0 Å². The molecule has 0 amide bonds. The third-order valence-corrected chi connectivity index (χ3v) is 5.15. The fraction of sp³-hybridized carbons (Fsp3) is 0.115. The second-order valence-corrected chi connectivity index (χ2v) is 7.35. The van der Waals surface area contributed by atoms with Crippen molar-refractivity contribution in [1.29, 1.82) is 0 Å². The normalized spacial score (nSPS) is 10.7. The lowest BCUT2D eigenvalue weighted by Crippen LogP contribution is -2.21. The van der Waals surface area contributed by atoms with Gasteiger partial charge in [-0.05, 0) is 71.6 Å². The lowest BCUT2D eigenvalue weighted by molar-refractivity contribution is 0.475. The zero-order valence-corrected chi connectivity index (χ0v) is 16.9. The van der Waals surface area contributed by atoms with Crippen LogP contribution in [0, 0.1) is 0 Å². The smallest absolute Gasteiger partial charge is 0.129 e. The van der Waals surface area contributed by atoms with E-state index in [1.165, 1.54) is 5.56 Å². The number of pyridine rings is 1. The molecule has 30 heavy (non-hydrogen) atoms. The summed E-state index contributed by atoms with van der Waals surface area (Å²) < 4.78 is 0. The highest BCUT2D eigenvalue weighted by molar-refractivity contribution is 5.74. The molecular weight excluding hydrogens is 372 g/mol. The van der Waals surface area contributed by atoms with Crippen LogP contribution in [-0.4, -0.2) is 28.8 Å². The molecule has 0 saturated carbocycles. The maximum Gasteiger partial charge on any atom is 0.129 e. The number of aromatic nitrogens is 1. The van der Waals surface area contributed by atoms with Crippen molar-refractivity contribution in [3.8, 4) is 33.9 Å². The van der Waals surface area contributed by atoms with E-state index in [2.05, 4.69) is 35.2 Å². The van der Waals surface area contributed by atoms with E-state index in [0.717, 1.165) is 41.2 Å². The number of anilines is 1. The zero-order valence-electron chi connectivity index (χ0n) is 16.9. The summed E-state index contributed by atoms with van der Waals surface area (Å²) in [5.74, 6) is 1.35. The van der Waals surface area contributed by atoms with Gasteiger partial charge in [-0.15, -0.1) is 0 Å². The predicted molar refractivity (Wildman–Crippen MR) is 122 cm³/mol. The highest BCUT2D eigenvalue weighted by Gasteiger charge is 2.11. The molecule has 0 aliphatic heterocycles. The molecule has 0 saturated heterocycles. The number of hydrogen-bond donors (Lipinski definition) is 2. The Labute approximate surface area is 176 Å². The maximum atomic E-state index is 9.64. The molecule has 1 heterocycles. The molecule has 4 heteroatoms. The second kappa shape index (κ2) is 8.70. The summed E-state index contributed by atoms with van der Waals surface area (Å²) in [4.78, 5) is 7.04. The van der Waals surface area contributed by atoms with Crippen LogP contribution < -0.4 is 4.90 Å². The highest BCUT2D eigenvalue weighted by Crippen LogP contribution is 2.30. The summed E-state index contributed by atoms with van der Waals surface area (Å²) in [6, 6.07) is 28.8. The zero-order chi connectivity index (χ0) is 20.9. The van der Waals surface area contributed by atoms with Gasteiger partial charge in [-0.3, -0.25) is 0 Å². The first-order chi connectivity index (χ1) is 14.6. The van der Waals surface area contributed by atoms with E-state index in [4.69, 9.17) is 4.98 Å². The molecule has 0 spiro atoms. The third-order valence-electron chi connectivity index (χ3n) is 5.15. The molecule has 150 valence electrons. The Kier molecular flexibility index (Phi) is 5.66. The topological polar surface area (TPSA) is 56.6 Å². The Balaban J connectivity index is 1.69. The van der Waals surface area contributed by atoms with Gasteiger partial charge in [0.15, 0.2) is 0 Å². The summed E-state index contributed by atoms with van der Waals surface area (Å²) in [6.45, 7) is 0.838. The number of aromatic hydroxyl groups is 2. The molecule has 2 N–H and O–H groups in total. The molecule has 0 unspecified atom stereocenters. The van der Waals surface area contributed by atoms with Crippen LogP contribution in [0.15, 0.2) is 91.0 Å². The first-order valence-electron chi connectivity index (χ1n) is 9.94. The largest absolute Gasteiger partial charge is 0.508 e. The van der Waals surface area contributed by atoms with Crippen molar-refractivity contribution in [2.24, 2.45) is 0 Å². The minimum atomic E-state index is 0.230. The molecule has 0 radical (unpaired) electrons. The van der Waals surface area contributed by atoms with E-state index in [1.54, 1.807) is 24.3 Å². The van der Waals surface area contributed by atoms with Crippen LogP contribution in [0.25, 0.3) is 22.4 Å². The lowest BCUT2D eigenvalue weighted by atomic mass is 10.0. The Morgan fingerprint density at radius 3 is 1.93 bits per heavy atom. The van der Waals surface area contributed by atoms with Gasteiger partial charge in [-0.1, -0.05) is 42.5 Å². The monoisotopic (exact) mass is 396 g/mol. The van der Waals surface area contributed by atoms with Crippen LogP contribution in [0.4, 0.5) is 5.82 Å². The summed E-state index contributed by atoms with van der Waals surface area (Å²) >= 11 is 0. The fourth-order valence-corrected chi connectivity index (χ4v) is 3.37. The molecule has 4 rings (SSSR count). The van der Waals surface area contributed by atoms with Gasteiger partial charge in [0, 0.05) is 19.2 Å². The second-order valence-electron chi connectivity index (χ2n) is 7.35. The lowest BCUT2D eigenvalue weighted by Gasteiger charge is -2.20. The van der Waals surface area contributed by atoms with E-state index in [9.17, 15) is 10.2 Å². The molecule has 0 aliphatic rings. The molecule has 0 bridgehead atoms. The number of benzene rings is 3. The molecule has 1 aromatic heterocycles. The van der Waals surface area contributed by atoms with Crippen LogP contribution in [0.2, 0.25) is 0 Å². The van der Waals surface area contributed by atoms with E-state index in [1.807, 2.05) is 43.4 Å². The summed E-state index contributed by atoms with van der Waals surface area (Å²) in [6.07, 6.45) is 0.928. The van der Waals surface area contributed by atoms with E-state index in [-0.39, 0.29) is 11.5 Å². The summed E-state index contributed by atoms with van der Waals surface area (Å²) in [5.41, 5.74) is 5.09. The summed E-state index contributed by atoms with van der Waals surface area (Å²) in [5, 5.41) is 19.3. The number of rotatable bonds is 6.